The summed E-state index contributed by atoms with van der Waals surface area (Å²) in [6.45, 7) is 1.98. The van der Waals surface area contributed by atoms with Gasteiger partial charge in [0.05, 0.1) is 5.56 Å². The summed E-state index contributed by atoms with van der Waals surface area (Å²) >= 11 is 0. The number of hydrogen-bond acceptors (Lipinski definition) is 4. The number of hydrogen-bond donors (Lipinski definition) is 3. The van der Waals surface area contributed by atoms with Gasteiger partial charge in [-0.25, -0.2) is 14.0 Å². The van der Waals surface area contributed by atoms with Crippen molar-refractivity contribution < 1.29 is 28.6 Å². The van der Waals surface area contributed by atoms with E-state index in [0.717, 1.165) is 34.4 Å². The summed E-state index contributed by atoms with van der Waals surface area (Å²) in [6, 6.07) is 18.4. The third kappa shape index (κ3) is 5.16. The van der Waals surface area contributed by atoms with Crippen molar-refractivity contribution in [2.75, 3.05) is 11.9 Å². The fourth-order valence-electron chi connectivity index (χ4n) is 4.34. The van der Waals surface area contributed by atoms with E-state index in [1.165, 1.54) is 6.07 Å². The first-order valence-electron chi connectivity index (χ1n) is 11.3. The molecule has 0 bridgehead atoms. The van der Waals surface area contributed by atoms with Crippen molar-refractivity contribution in [2.24, 2.45) is 0 Å². The highest BCUT2D eigenvalue weighted by atomic mass is 19.1. The summed E-state index contributed by atoms with van der Waals surface area (Å²) in [7, 11) is 0. The topological polar surface area (TPSA) is 105 Å². The molecule has 1 unspecified atom stereocenters. The molecule has 8 heteroatoms. The summed E-state index contributed by atoms with van der Waals surface area (Å²) < 4.78 is 19.5. The molecular weight excluding hydrogens is 451 g/mol. The molecule has 35 heavy (non-hydrogen) atoms. The molecule has 4 rings (SSSR count). The summed E-state index contributed by atoms with van der Waals surface area (Å²) in [5, 5.41) is 14.1. The van der Waals surface area contributed by atoms with Crippen molar-refractivity contribution in [3.63, 3.8) is 0 Å². The van der Waals surface area contributed by atoms with Gasteiger partial charge in [-0.05, 0) is 46.9 Å². The van der Waals surface area contributed by atoms with Crippen LogP contribution in [0.2, 0.25) is 0 Å². The molecule has 3 aromatic rings. The van der Waals surface area contributed by atoms with Crippen molar-refractivity contribution >= 4 is 23.7 Å². The van der Waals surface area contributed by atoms with Gasteiger partial charge in [0, 0.05) is 11.6 Å². The van der Waals surface area contributed by atoms with Gasteiger partial charge in [-0.2, -0.15) is 0 Å². The van der Waals surface area contributed by atoms with E-state index in [9.17, 15) is 18.8 Å². The van der Waals surface area contributed by atoms with Crippen LogP contribution in [0.1, 0.15) is 47.2 Å². The number of halogens is 1. The van der Waals surface area contributed by atoms with E-state index < -0.39 is 35.4 Å². The Labute approximate surface area is 201 Å². The Balaban J connectivity index is 1.40. The molecule has 0 saturated carbocycles. The van der Waals surface area contributed by atoms with E-state index in [1.807, 2.05) is 55.5 Å². The molecule has 1 aliphatic carbocycles. The Morgan fingerprint density at radius 1 is 1.00 bits per heavy atom. The maximum Gasteiger partial charge on any atom is 0.407 e. The first-order valence-corrected chi connectivity index (χ1v) is 11.3. The summed E-state index contributed by atoms with van der Waals surface area (Å²) in [6.07, 6.45) is 0.215. The van der Waals surface area contributed by atoms with Crippen LogP contribution in [-0.2, 0) is 9.53 Å². The van der Waals surface area contributed by atoms with E-state index in [0.29, 0.717) is 12.8 Å². The van der Waals surface area contributed by atoms with Gasteiger partial charge in [0.2, 0.25) is 5.91 Å². The van der Waals surface area contributed by atoms with E-state index in [2.05, 4.69) is 10.6 Å². The first-order chi connectivity index (χ1) is 16.9. The molecule has 7 nitrogen and oxygen atoms in total. The maximum absolute atomic E-state index is 13.9. The minimum absolute atomic E-state index is 0.0907. The highest BCUT2D eigenvalue weighted by Gasteiger charge is 2.29. The van der Waals surface area contributed by atoms with Gasteiger partial charge in [-0.3, -0.25) is 4.79 Å². The second kappa shape index (κ2) is 10.4. The van der Waals surface area contributed by atoms with Crippen molar-refractivity contribution in [2.45, 2.75) is 31.7 Å². The predicted molar refractivity (Wildman–Crippen MR) is 129 cm³/mol. The number of carbonyl (C=O) groups is 3. The second-order valence-electron chi connectivity index (χ2n) is 8.30. The van der Waals surface area contributed by atoms with Crippen LogP contribution < -0.4 is 10.6 Å². The number of benzene rings is 3. The summed E-state index contributed by atoms with van der Waals surface area (Å²) in [4.78, 5) is 36.3. The van der Waals surface area contributed by atoms with Gasteiger partial charge >= 0.3 is 12.1 Å². The van der Waals surface area contributed by atoms with Crippen LogP contribution >= 0.6 is 0 Å². The molecule has 180 valence electrons. The molecule has 2 amide bonds. The maximum atomic E-state index is 13.9. The van der Waals surface area contributed by atoms with Crippen LogP contribution in [0.4, 0.5) is 14.9 Å². The predicted octanol–water partition coefficient (Wildman–Crippen LogP) is 5.17. The Morgan fingerprint density at radius 3 is 2.20 bits per heavy atom. The van der Waals surface area contributed by atoms with Gasteiger partial charge in [0.1, 0.15) is 18.5 Å². The van der Waals surface area contributed by atoms with Crippen LogP contribution in [-0.4, -0.2) is 35.7 Å². The Kier molecular flexibility index (Phi) is 7.10. The van der Waals surface area contributed by atoms with E-state index in [1.54, 1.807) is 0 Å². The Hall–Kier alpha value is -4.20. The molecule has 0 heterocycles. The zero-order valence-electron chi connectivity index (χ0n) is 19.1. The minimum Gasteiger partial charge on any atom is -0.478 e. The molecule has 1 atom stereocenters. The number of fused-ring (bicyclic) bond motifs is 3. The lowest BCUT2D eigenvalue weighted by molar-refractivity contribution is -0.118. The highest BCUT2D eigenvalue weighted by Crippen LogP contribution is 2.44. The SMILES string of the molecule is CCCC(NC(=O)OCC1c2ccccc2-c2ccccc21)C(=O)Nc1ccc(C(=O)O)c(F)c1. The van der Waals surface area contributed by atoms with E-state index >= 15 is 0 Å². The average molecular weight is 477 g/mol. The van der Waals surface area contributed by atoms with Crippen molar-refractivity contribution in [1.82, 2.24) is 5.32 Å². The smallest absolute Gasteiger partial charge is 0.407 e. The Morgan fingerprint density at radius 2 is 1.63 bits per heavy atom. The monoisotopic (exact) mass is 476 g/mol. The molecule has 0 saturated heterocycles. The number of carboxylic acid groups (broad SMARTS) is 1. The minimum atomic E-state index is -1.40. The van der Waals surface area contributed by atoms with E-state index in [4.69, 9.17) is 9.84 Å². The molecular formula is C27H25FN2O5. The largest absolute Gasteiger partial charge is 0.478 e. The third-order valence-electron chi connectivity index (χ3n) is 6.00. The fourth-order valence-corrected chi connectivity index (χ4v) is 4.34. The molecule has 0 fully saturated rings. The average Bonchev–Trinajstić information content (AvgIpc) is 3.16. The van der Waals surface area contributed by atoms with Crippen molar-refractivity contribution in [1.29, 1.82) is 0 Å². The van der Waals surface area contributed by atoms with Crippen LogP contribution in [0.3, 0.4) is 0 Å². The summed E-state index contributed by atoms with van der Waals surface area (Å²) in [5.41, 5.74) is 3.98. The molecule has 0 spiro atoms. The quantitative estimate of drug-likeness (QED) is 0.416. The number of carbonyl (C=O) groups excluding carboxylic acids is 2. The lowest BCUT2D eigenvalue weighted by Gasteiger charge is -2.19. The number of anilines is 1. The third-order valence-corrected chi connectivity index (χ3v) is 6.00. The lowest BCUT2D eigenvalue weighted by atomic mass is 9.98. The van der Waals surface area contributed by atoms with Crippen LogP contribution in [0.15, 0.2) is 66.7 Å². The number of rotatable bonds is 8. The van der Waals surface area contributed by atoms with Crippen LogP contribution in [0, 0.1) is 5.82 Å². The number of ether oxygens (including phenoxy) is 1. The fraction of sp³-hybridized carbons (Fsp3) is 0.222. The first kappa shape index (κ1) is 23.9. The van der Waals surface area contributed by atoms with Gasteiger partial charge in [-0.1, -0.05) is 61.9 Å². The number of carboxylic acids is 1. The second-order valence-corrected chi connectivity index (χ2v) is 8.30. The molecule has 3 N–H and O–H groups in total. The van der Waals surface area contributed by atoms with Crippen LogP contribution in [0.5, 0.6) is 0 Å². The zero-order chi connectivity index (χ0) is 24.9. The summed E-state index contributed by atoms with van der Waals surface area (Å²) in [5.74, 6) is -3.03. The normalized spacial score (nSPS) is 12.9. The van der Waals surface area contributed by atoms with Crippen LogP contribution in [0.25, 0.3) is 11.1 Å². The molecule has 1 aliphatic rings. The number of nitrogens with one attached hydrogen (secondary N) is 2. The molecule has 0 aliphatic heterocycles. The van der Waals surface area contributed by atoms with E-state index in [-0.39, 0.29) is 18.2 Å². The highest BCUT2D eigenvalue weighted by molar-refractivity contribution is 5.97. The number of aromatic carboxylic acids is 1. The molecule has 3 aromatic carbocycles. The molecule has 0 aromatic heterocycles. The Bertz CT molecular complexity index is 1230. The standard InChI is InChI=1S/C27H25FN2O5/c1-2-7-24(25(31)29-16-12-13-21(26(32)33)23(28)14-16)30-27(34)35-15-22-19-10-5-3-8-17(19)18-9-4-6-11-20(18)22/h3-6,8-14,22,24H,2,7,15H2,1H3,(H,29,31)(H,30,34)(H,32,33). The van der Waals surface area contributed by atoms with Gasteiger partial charge in [0.25, 0.3) is 0 Å². The van der Waals surface area contributed by atoms with Crippen molar-refractivity contribution in [3.8, 4) is 11.1 Å². The van der Waals surface area contributed by atoms with Gasteiger partial charge < -0.3 is 20.5 Å². The lowest BCUT2D eigenvalue weighted by Crippen LogP contribution is -2.44. The molecule has 0 radical (unpaired) electrons. The van der Waals surface area contributed by atoms with Gasteiger partial charge in [-0.15, -0.1) is 0 Å². The van der Waals surface area contributed by atoms with Gasteiger partial charge in [0.15, 0.2) is 0 Å². The van der Waals surface area contributed by atoms with Crippen molar-refractivity contribution in [3.05, 3.63) is 89.2 Å². The zero-order valence-corrected chi connectivity index (χ0v) is 19.1. The number of alkyl carbamates (subject to hydrolysis) is 1. The number of amides is 2.